The van der Waals surface area contributed by atoms with Gasteiger partial charge in [0.1, 0.15) is 17.2 Å². The Kier molecular flexibility index (Phi) is 8.88. The fourth-order valence-electron chi connectivity index (χ4n) is 3.98. The second-order valence-corrected chi connectivity index (χ2v) is 9.27. The van der Waals surface area contributed by atoms with Crippen LogP contribution in [0.1, 0.15) is 42.8 Å². The molecule has 0 radical (unpaired) electrons. The lowest BCUT2D eigenvalue weighted by molar-refractivity contribution is -0.244. The summed E-state index contributed by atoms with van der Waals surface area (Å²) in [4.78, 5) is 10.7. The first-order chi connectivity index (χ1) is 17.4. The third-order valence-corrected chi connectivity index (χ3v) is 6.34. The van der Waals surface area contributed by atoms with Crippen molar-refractivity contribution in [2.45, 2.75) is 31.7 Å². The monoisotopic (exact) mass is 528 g/mol. The first-order valence-corrected chi connectivity index (χ1v) is 12.3. The zero-order chi connectivity index (χ0) is 25.5. The molecule has 3 aromatic carbocycles. The smallest absolute Gasteiger partial charge is 0.303 e. The number of phenols is 1. The van der Waals surface area contributed by atoms with Crippen molar-refractivity contribution in [3.63, 3.8) is 0 Å². The predicted octanol–water partition coefficient (Wildman–Crippen LogP) is 7.71. The first kappa shape index (κ1) is 26.0. The number of carbonyl (C=O) groups is 1. The predicted molar refractivity (Wildman–Crippen MR) is 138 cm³/mol. The summed E-state index contributed by atoms with van der Waals surface area (Å²) >= 11 is 12.1. The van der Waals surface area contributed by atoms with E-state index in [9.17, 15) is 9.90 Å². The van der Waals surface area contributed by atoms with Gasteiger partial charge in [-0.3, -0.25) is 4.79 Å². The third kappa shape index (κ3) is 6.80. The molecule has 1 aliphatic rings. The molecule has 3 unspecified atom stereocenters. The Morgan fingerprint density at radius 1 is 1.06 bits per heavy atom. The van der Waals surface area contributed by atoms with Gasteiger partial charge in [-0.05, 0) is 49.2 Å². The summed E-state index contributed by atoms with van der Waals surface area (Å²) in [5.74, 6) is 0.377. The van der Waals surface area contributed by atoms with Gasteiger partial charge >= 0.3 is 5.97 Å². The summed E-state index contributed by atoms with van der Waals surface area (Å²) in [6.45, 7) is 0.408. The lowest BCUT2D eigenvalue weighted by Crippen LogP contribution is -2.30. The van der Waals surface area contributed by atoms with Crippen LogP contribution in [0.25, 0.3) is 0 Å². The zero-order valence-electron chi connectivity index (χ0n) is 19.3. The molecule has 3 atom stereocenters. The summed E-state index contributed by atoms with van der Waals surface area (Å²) in [7, 11) is 0. The number of hydrogen-bond donors (Lipinski definition) is 2. The van der Waals surface area contributed by atoms with E-state index in [1.807, 2.05) is 36.4 Å². The second-order valence-electron chi connectivity index (χ2n) is 8.43. The lowest BCUT2D eigenvalue weighted by atomic mass is 9.91. The normalized spacial score (nSPS) is 19.9. The van der Waals surface area contributed by atoms with E-state index in [-0.39, 0.29) is 18.1 Å². The number of aromatic hydroxyl groups is 1. The van der Waals surface area contributed by atoms with Gasteiger partial charge in [0, 0.05) is 28.5 Å². The molecule has 1 heterocycles. The number of phenolic OH excluding ortho intramolecular Hbond substituents is 1. The fraction of sp³-hybridized carbons (Fsp3) is 0.250. The van der Waals surface area contributed by atoms with Gasteiger partial charge in [-0.1, -0.05) is 65.7 Å². The Labute approximate surface area is 219 Å². The van der Waals surface area contributed by atoms with Crippen molar-refractivity contribution in [3.8, 4) is 17.2 Å². The zero-order valence-corrected chi connectivity index (χ0v) is 20.9. The minimum absolute atomic E-state index is 0.0507. The van der Waals surface area contributed by atoms with Crippen molar-refractivity contribution >= 4 is 29.2 Å². The van der Waals surface area contributed by atoms with Crippen LogP contribution in [0.3, 0.4) is 0 Å². The van der Waals surface area contributed by atoms with E-state index in [4.69, 9.17) is 42.5 Å². The molecule has 1 aliphatic heterocycles. The molecule has 3 aromatic rings. The van der Waals surface area contributed by atoms with Gasteiger partial charge in [-0.25, -0.2) is 0 Å². The molecule has 1 saturated heterocycles. The highest BCUT2D eigenvalue weighted by Crippen LogP contribution is 2.43. The maximum absolute atomic E-state index is 10.7. The highest BCUT2D eigenvalue weighted by Gasteiger charge is 2.34. The molecule has 1 fully saturated rings. The van der Waals surface area contributed by atoms with Crippen LogP contribution in [-0.2, 0) is 14.3 Å². The average Bonchev–Trinajstić information content (AvgIpc) is 2.86. The van der Waals surface area contributed by atoms with Crippen LogP contribution in [0.4, 0.5) is 0 Å². The minimum atomic E-state index is -0.827. The molecule has 0 amide bonds. The molecule has 188 valence electrons. The Hall–Kier alpha value is -3.03. The number of ether oxygens (including phenoxy) is 3. The van der Waals surface area contributed by atoms with E-state index in [2.05, 4.69) is 0 Å². The average molecular weight is 529 g/mol. The lowest BCUT2D eigenvalue weighted by Gasteiger charge is -2.37. The number of carboxylic acids is 1. The largest absolute Gasteiger partial charge is 0.508 e. The second kappa shape index (κ2) is 12.3. The van der Waals surface area contributed by atoms with Crippen molar-refractivity contribution in [2.24, 2.45) is 5.92 Å². The van der Waals surface area contributed by atoms with E-state index < -0.39 is 18.4 Å². The molecule has 0 spiro atoms. The summed E-state index contributed by atoms with van der Waals surface area (Å²) in [6.07, 6.45) is 3.94. The van der Waals surface area contributed by atoms with E-state index in [0.717, 1.165) is 5.56 Å². The minimum Gasteiger partial charge on any atom is -0.508 e. The SMILES string of the molecule is O=C(O)CCC=CCC1COC(c2ccc(Oc3ccc(Cl)cc3Cl)cc2)OC1c1ccccc1O. The molecule has 2 N–H and O–H groups in total. The maximum Gasteiger partial charge on any atom is 0.303 e. The van der Waals surface area contributed by atoms with Gasteiger partial charge < -0.3 is 24.4 Å². The summed E-state index contributed by atoms with van der Waals surface area (Å²) < 4.78 is 18.3. The van der Waals surface area contributed by atoms with Crippen LogP contribution in [0.15, 0.2) is 78.9 Å². The Bertz CT molecular complexity index is 1210. The molecule has 0 aromatic heterocycles. The third-order valence-electron chi connectivity index (χ3n) is 5.81. The van der Waals surface area contributed by atoms with Crippen molar-refractivity contribution in [1.82, 2.24) is 0 Å². The van der Waals surface area contributed by atoms with Crippen LogP contribution in [0.2, 0.25) is 10.0 Å². The van der Waals surface area contributed by atoms with E-state index in [1.54, 1.807) is 42.5 Å². The maximum atomic E-state index is 10.7. The summed E-state index contributed by atoms with van der Waals surface area (Å²) in [5.41, 5.74) is 1.49. The number of carboxylic acid groups (broad SMARTS) is 1. The van der Waals surface area contributed by atoms with Gasteiger partial charge in [0.2, 0.25) is 0 Å². The number of aliphatic carboxylic acids is 1. The molecule has 4 rings (SSSR count). The van der Waals surface area contributed by atoms with E-state index in [0.29, 0.717) is 46.6 Å². The Balaban J connectivity index is 1.46. The van der Waals surface area contributed by atoms with Crippen LogP contribution in [-0.4, -0.2) is 22.8 Å². The molecular weight excluding hydrogens is 503 g/mol. The molecular formula is C28H26Cl2O6. The van der Waals surface area contributed by atoms with Gasteiger partial charge in [0.25, 0.3) is 0 Å². The highest BCUT2D eigenvalue weighted by molar-refractivity contribution is 6.35. The summed E-state index contributed by atoms with van der Waals surface area (Å²) in [5, 5.41) is 20.2. The number of para-hydroxylation sites is 1. The van der Waals surface area contributed by atoms with Crippen molar-refractivity contribution in [1.29, 1.82) is 0 Å². The van der Waals surface area contributed by atoms with Crippen LogP contribution in [0.5, 0.6) is 17.2 Å². The number of halogens is 2. The number of rotatable bonds is 9. The van der Waals surface area contributed by atoms with Crippen molar-refractivity contribution in [2.75, 3.05) is 6.61 Å². The first-order valence-electron chi connectivity index (χ1n) is 11.6. The Morgan fingerprint density at radius 2 is 1.83 bits per heavy atom. The van der Waals surface area contributed by atoms with Gasteiger partial charge in [-0.2, -0.15) is 0 Å². The van der Waals surface area contributed by atoms with Crippen molar-refractivity contribution < 1.29 is 29.2 Å². The molecule has 0 bridgehead atoms. The molecule has 0 aliphatic carbocycles. The standard InChI is InChI=1S/C28H26Cl2O6/c29-20-12-15-25(23(30)16-20)35-21-13-10-18(11-14-21)28-34-17-19(6-2-1-3-9-26(32)33)27(36-28)22-7-4-5-8-24(22)31/h1-2,4-5,7-8,10-16,19,27-28,31H,3,6,9,17H2,(H,32,33). The molecule has 6 nitrogen and oxygen atoms in total. The van der Waals surface area contributed by atoms with Crippen LogP contribution < -0.4 is 4.74 Å². The molecule has 8 heteroatoms. The Morgan fingerprint density at radius 3 is 2.56 bits per heavy atom. The topological polar surface area (TPSA) is 85.2 Å². The molecule has 36 heavy (non-hydrogen) atoms. The summed E-state index contributed by atoms with van der Waals surface area (Å²) in [6, 6.07) is 19.5. The quantitative estimate of drug-likeness (QED) is 0.276. The van der Waals surface area contributed by atoms with E-state index in [1.165, 1.54) is 0 Å². The molecule has 0 saturated carbocycles. The number of benzene rings is 3. The highest BCUT2D eigenvalue weighted by atomic mass is 35.5. The van der Waals surface area contributed by atoms with Crippen molar-refractivity contribution in [3.05, 3.63) is 100 Å². The van der Waals surface area contributed by atoms with Crippen LogP contribution >= 0.6 is 23.2 Å². The number of hydrogen-bond acceptors (Lipinski definition) is 5. The van der Waals surface area contributed by atoms with Gasteiger partial charge in [-0.15, -0.1) is 0 Å². The van der Waals surface area contributed by atoms with E-state index >= 15 is 0 Å². The van der Waals surface area contributed by atoms with Gasteiger partial charge in [0.05, 0.1) is 17.7 Å². The number of allylic oxidation sites excluding steroid dienone is 2. The van der Waals surface area contributed by atoms with Crippen LogP contribution in [0, 0.1) is 5.92 Å². The fourth-order valence-corrected chi connectivity index (χ4v) is 4.42. The van der Waals surface area contributed by atoms with Gasteiger partial charge in [0.15, 0.2) is 6.29 Å².